The van der Waals surface area contributed by atoms with Crippen molar-refractivity contribution in [3.63, 3.8) is 0 Å². The van der Waals surface area contributed by atoms with Gasteiger partial charge in [0.05, 0.1) is 5.41 Å². The number of carboxylic acid groups (broad SMARTS) is 1. The van der Waals surface area contributed by atoms with Crippen LogP contribution in [0.15, 0.2) is 30.3 Å². The SMILES string of the molecule is O=C(O)C12CC1(c1ccccc1)COC2=O. The molecule has 1 heterocycles. The quantitative estimate of drug-likeness (QED) is 0.593. The van der Waals surface area contributed by atoms with Crippen molar-refractivity contribution < 1.29 is 19.4 Å². The normalized spacial score (nSPS) is 35.4. The van der Waals surface area contributed by atoms with E-state index in [2.05, 4.69) is 0 Å². The van der Waals surface area contributed by atoms with Crippen molar-refractivity contribution in [2.45, 2.75) is 11.8 Å². The standard InChI is InChI=1S/C12H10O4/c13-9(14)12-6-11(12,7-16-10(12)15)8-4-2-1-3-5-8/h1-5H,6-7H2,(H,13,14). The van der Waals surface area contributed by atoms with Gasteiger partial charge in [-0.25, -0.2) is 0 Å². The first-order valence-corrected chi connectivity index (χ1v) is 5.10. The van der Waals surface area contributed by atoms with Crippen LogP contribution in [0.1, 0.15) is 12.0 Å². The molecule has 1 N–H and O–H groups in total. The molecule has 1 saturated heterocycles. The van der Waals surface area contributed by atoms with Crippen LogP contribution in [-0.2, 0) is 19.7 Å². The lowest BCUT2D eigenvalue weighted by Crippen LogP contribution is -2.28. The smallest absolute Gasteiger partial charge is 0.324 e. The first kappa shape index (κ1) is 9.39. The second kappa shape index (κ2) is 2.64. The lowest BCUT2D eigenvalue weighted by Gasteiger charge is -2.11. The first-order chi connectivity index (χ1) is 7.63. The first-order valence-electron chi connectivity index (χ1n) is 5.10. The summed E-state index contributed by atoms with van der Waals surface area (Å²) in [6.45, 7) is 0.183. The maximum atomic E-state index is 11.6. The fourth-order valence-electron chi connectivity index (χ4n) is 2.72. The van der Waals surface area contributed by atoms with Crippen LogP contribution in [0.25, 0.3) is 0 Å². The number of esters is 1. The summed E-state index contributed by atoms with van der Waals surface area (Å²) in [5.41, 5.74) is -1.07. The van der Waals surface area contributed by atoms with E-state index >= 15 is 0 Å². The molecule has 2 fully saturated rings. The van der Waals surface area contributed by atoms with Crippen LogP contribution < -0.4 is 0 Å². The fourth-order valence-corrected chi connectivity index (χ4v) is 2.72. The molecule has 0 bridgehead atoms. The monoisotopic (exact) mass is 218 g/mol. The van der Waals surface area contributed by atoms with E-state index in [1.165, 1.54) is 0 Å². The van der Waals surface area contributed by atoms with Crippen LogP contribution in [0, 0.1) is 5.41 Å². The minimum absolute atomic E-state index is 0.183. The van der Waals surface area contributed by atoms with Crippen molar-refractivity contribution in [3.05, 3.63) is 35.9 Å². The van der Waals surface area contributed by atoms with Crippen LogP contribution in [0.2, 0.25) is 0 Å². The number of cyclic esters (lactones) is 1. The molecule has 1 aliphatic heterocycles. The van der Waals surface area contributed by atoms with Gasteiger partial charge < -0.3 is 9.84 Å². The fraction of sp³-hybridized carbons (Fsp3) is 0.333. The lowest BCUT2D eigenvalue weighted by molar-refractivity contribution is -0.156. The van der Waals surface area contributed by atoms with Crippen LogP contribution in [0.5, 0.6) is 0 Å². The van der Waals surface area contributed by atoms with Crippen molar-refractivity contribution in [2.75, 3.05) is 6.61 Å². The Labute approximate surface area is 91.8 Å². The third kappa shape index (κ3) is 0.813. The largest absolute Gasteiger partial charge is 0.480 e. The van der Waals surface area contributed by atoms with Gasteiger partial charge in [0.25, 0.3) is 0 Å². The Morgan fingerprint density at radius 2 is 2.00 bits per heavy atom. The van der Waals surface area contributed by atoms with E-state index in [-0.39, 0.29) is 6.61 Å². The second-order valence-corrected chi connectivity index (χ2v) is 4.41. The van der Waals surface area contributed by atoms with Crippen molar-refractivity contribution in [1.82, 2.24) is 0 Å². The minimum atomic E-state index is -1.33. The van der Waals surface area contributed by atoms with Gasteiger partial charge in [-0.1, -0.05) is 30.3 Å². The topological polar surface area (TPSA) is 63.6 Å². The predicted molar refractivity (Wildman–Crippen MR) is 53.8 cm³/mol. The molecule has 1 aromatic carbocycles. The van der Waals surface area contributed by atoms with Crippen LogP contribution in [0.4, 0.5) is 0 Å². The van der Waals surface area contributed by atoms with Crippen molar-refractivity contribution in [1.29, 1.82) is 0 Å². The summed E-state index contributed by atoms with van der Waals surface area (Å²) in [4.78, 5) is 22.8. The Morgan fingerprint density at radius 3 is 2.56 bits per heavy atom. The Morgan fingerprint density at radius 1 is 1.31 bits per heavy atom. The van der Waals surface area contributed by atoms with Gasteiger partial charge in [-0.2, -0.15) is 0 Å². The number of fused-ring (bicyclic) bond motifs is 1. The minimum Gasteiger partial charge on any atom is -0.480 e. The molecule has 0 aromatic heterocycles. The molecule has 2 unspecified atom stereocenters. The number of carbonyl (C=O) groups is 2. The van der Waals surface area contributed by atoms with E-state index in [1.807, 2.05) is 30.3 Å². The number of benzene rings is 1. The summed E-state index contributed by atoms with van der Waals surface area (Å²) in [6.07, 6.45) is 0.359. The molecule has 1 aliphatic carbocycles. The van der Waals surface area contributed by atoms with E-state index in [0.29, 0.717) is 6.42 Å². The predicted octanol–water partition coefficient (Wildman–Crippen LogP) is 0.956. The van der Waals surface area contributed by atoms with E-state index in [1.54, 1.807) is 0 Å². The van der Waals surface area contributed by atoms with Gasteiger partial charge in [-0.15, -0.1) is 0 Å². The van der Waals surface area contributed by atoms with Crippen molar-refractivity contribution >= 4 is 11.9 Å². The second-order valence-electron chi connectivity index (χ2n) is 4.41. The average molecular weight is 218 g/mol. The number of hydrogen-bond donors (Lipinski definition) is 1. The average Bonchev–Trinajstić information content (AvgIpc) is 2.92. The molecule has 2 aliphatic rings. The van der Waals surface area contributed by atoms with Gasteiger partial charge in [0, 0.05) is 0 Å². The molecular formula is C12H10O4. The highest BCUT2D eigenvalue weighted by Crippen LogP contribution is 2.69. The maximum absolute atomic E-state index is 11.6. The molecule has 82 valence electrons. The van der Waals surface area contributed by atoms with Crippen LogP contribution in [-0.4, -0.2) is 23.7 Å². The lowest BCUT2D eigenvalue weighted by atomic mass is 9.88. The van der Waals surface area contributed by atoms with Gasteiger partial charge in [0.1, 0.15) is 6.61 Å². The molecule has 0 spiro atoms. The number of carboxylic acids is 1. The third-order valence-corrected chi connectivity index (χ3v) is 3.75. The Bertz CT molecular complexity index is 481. The molecule has 2 atom stereocenters. The molecule has 16 heavy (non-hydrogen) atoms. The highest BCUT2D eigenvalue weighted by molar-refractivity contribution is 6.07. The molecule has 1 aromatic rings. The molecular weight excluding hydrogens is 208 g/mol. The zero-order valence-electron chi connectivity index (χ0n) is 8.47. The summed E-state index contributed by atoms with van der Waals surface area (Å²) in [5, 5.41) is 9.21. The number of ether oxygens (including phenoxy) is 1. The van der Waals surface area contributed by atoms with Crippen molar-refractivity contribution in [2.24, 2.45) is 5.41 Å². The molecule has 0 amide bonds. The van der Waals surface area contributed by atoms with E-state index < -0.39 is 22.8 Å². The molecule has 1 saturated carbocycles. The van der Waals surface area contributed by atoms with E-state index in [0.717, 1.165) is 5.56 Å². The Kier molecular flexibility index (Phi) is 1.55. The zero-order valence-corrected chi connectivity index (χ0v) is 8.47. The number of hydrogen-bond acceptors (Lipinski definition) is 3. The third-order valence-electron chi connectivity index (χ3n) is 3.75. The highest BCUT2D eigenvalue weighted by atomic mass is 16.5. The van der Waals surface area contributed by atoms with Crippen LogP contribution >= 0.6 is 0 Å². The Hall–Kier alpha value is -1.84. The number of rotatable bonds is 2. The molecule has 4 nitrogen and oxygen atoms in total. The van der Waals surface area contributed by atoms with Crippen LogP contribution in [0.3, 0.4) is 0 Å². The Balaban J connectivity index is 2.11. The van der Waals surface area contributed by atoms with Gasteiger partial charge in [-0.3, -0.25) is 9.59 Å². The van der Waals surface area contributed by atoms with E-state index in [9.17, 15) is 14.7 Å². The van der Waals surface area contributed by atoms with E-state index in [4.69, 9.17) is 4.74 Å². The molecule has 3 rings (SSSR count). The summed E-state index contributed by atoms with van der Waals surface area (Å²) in [7, 11) is 0. The van der Waals surface area contributed by atoms with Gasteiger partial charge in [-0.05, 0) is 12.0 Å². The summed E-state index contributed by atoms with van der Waals surface area (Å²) in [6, 6.07) is 9.26. The highest BCUT2D eigenvalue weighted by Gasteiger charge is 2.82. The van der Waals surface area contributed by atoms with Crippen molar-refractivity contribution in [3.8, 4) is 0 Å². The van der Waals surface area contributed by atoms with Gasteiger partial charge >= 0.3 is 11.9 Å². The summed E-state index contributed by atoms with van der Waals surface area (Å²) in [5.74, 6) is -1.66. The van der Waals surface area contributed by atoms with Gasteiger partial charge in [0.15, 0.2) is 5.41 Å². The summed E-state index contributed by atoms with van der Waals surface area (Å²) < 4.78 is 4.92. The number of carbonyl (C=O) groups excluding carboxylic acids is 1. The molecule has 4 heteroatoms. The molecule has 0 radical (unpaired) electrons. The summed E-state index contributed by atoms with van der Waals surface area (Å²) >= 11 is 0. The van der Waals surface area contributed by atoms with Gasteiger partial charge in [0.2, 0.25) is 0 Å². The number of aliphatic carboxylic acids is 1. The maximum Gasteiger partial charge on any atom is 0.324 e. The zero-order chi connectivity index (χ0) is 11.4.